The monoisotopic (exact) mass is 445 g/mol. The number of carbonyl (C=O) groups is 2. The van der Waals surface area contributed by atoms with Crippen LogP contribution in [0, 0.1) is 5.92 Å². The Morgan fingerprint density at radius 2 is 1.81 bits per heavy atom. The number of nitrogens with two attached hydrogens (primary N) is 1. The molecule has 1 heterocycles. The minimum atomic E-state index is -3.70. The van der Waals surface area contributed by atoms with Crippen molar-refractivity contribution >= 4 is 27.5 Å². The minimum absolute atomic E-state index is 0.126. The lowest BCUT2D eigenvalue weighted by Gasteiger charge is -2.31. The lowest BCUT2D eigenvalue weighted by atomic mass is 9.98. The molecule has 3 rings (SSSR count). The summed E-state index contributed by atoms with van der Waals surface area (Å²) < 4.78 is 32.8. The number of piperidine rings is 1. The third-order valence-electron chi connectivity index (χ3n) is 5.13. The van der Waals surface area contributed by atoms with Crippen molar-refractivity contribution in [1.29, 1.82) is 0 Å². The van der Waals surface area contributed by atoms with Gasteiger partial charge < -0.3 is 15.8 Å². The van der Waals surface area contributed by atoms with Crippen molar-refractivity contribution < 1.29 is 22.7 Å². The third-order valence-corrected chi connectivity index (χ3v) is 7.01. The van der Waals surface area contributed by atoms with Crippen LogP contribution in [0.1, 0.15) is 25.3 Å². The highest BCUT2D eigenvalue weighted by atomic mass is 32.2. The first-order valence-electron chi connectivity index (χ1n) is 10.2. The highest BCUT2D eigenvalue weighted by molar-refractivity contribution is 7.89. The smallest absolute Gasteiger partial charge is 0.243 e. The zero-order valence-electron chi connectivity index (χ0n) is 17.4. The van der Waals surface area contributed by atoms with Gasteiger partial charge in [0.25, 0.3) is 0 Å². The number of anilines is 1. The van der Waals surface area contributed by atoms with Crippen LogP contribution in [0.25, 0.3) is 0 Å². The van der Waals surface area contributed by atoms with Crippen LogP contribution in [-0.2, 0) is 26.0 Å². The van der Waals surface area contributed by atoms with Crippen molar-refractivity contribution in [2.75, 3.05) is 25.0 Å². The summed E-state index contributed by atoms with van der Waals surface area (Å²) in [6.07, 6.45) is 1.35. The Morgan fingerprint density at radius 1 is 1.13 bits per heavy atom. The summed E-state index contributed by atoms with van der Waals surface area (Å²) in [5.74, 6) is -0.488. The Labute approximate surface area is 182 Å². The molecule has 0 radical (unpaired) electrons. The van der Waals surface area contributed by atoms with E-state index in [4.69, 9.17) is 10.5 Å². The molecule has 0 bridgehead atoms. The molecule has 166 valence electrons. The van der Waals surface area contributed by atoms with E-state index < -0.39 is 21.8 Å². The van der Waals surface area contributed by atoms with Gasteiger partial charge in [-0.3, -0.25) is 9.59 Å². The molecule has 3 N–H and O–H groups in total. The van der Waals surface area contributed by atoms with E-state index in [1.54, 1.807) is 36.4 Å². The van der Waals surface area contributed by atoms with E-state index in [9.17, 15) is 18.0 Å². The Bertz CT molecular complexity index is 1020. The van der Waals surface area contributed by atoms with E-state index >= 15 is 0 Å². The summed E-state index contributed by atoms with van der Waals surface area (Å²) in [6.45, 7) is 2.87. The lowest BCUT2D eigenvalue weighted by molar-refractivity contribution is -0.121. The Hall–Kier alpha value is -2.91. The summed E-state index contributed by atoms with van der Waals surface area (Å²) in [7, 11) is -3.70. The average Bonchev–Trinajstić information content (AvgIpc) is 2.75. The van der Waals surface area contributed by atoms with E-state index in [1.807, 2.05) is 6.92 Å². The maximum atomic E-state index is 13.0. The van der Waals surface area contributed by atoms with Gasteiger partial charge in [0.15, 0.2) is 0 Å². The molecule has 31 heavy (non-hydrogen) atoms. The molecule has 0 spiro atoms. The number of rotatable bonds is 8. The van der Waals surface area contributed by atoms with Gasteiger partial charge in [-0.15, -0.1) is 0 Å². The van der Waals surface area contributed by atoms with Crippen LogP contribution in [0.3, 0.4) is 0 Å². The molecular weight excluding hydrogens is 418 g/mol. The number of hydrogen-bond donors (Lipinski definition) is 2. The molecular formula is C22H27N3O5S. The van der Waals surface area contributed by atoms with Gasteiger partial charge in [0, 0.05) is 18.8 Å². The summed E-state index contributed by atoms with van der Waals surface area (Å²) in [5.41, 5.74) is 6.53. The van der Waals surface area contributed by atoms with Crippen LogP contribution in [0.15, 0.2) is 53.4 Å². The number of primary amides is 1. The number of nitrogens with one attached hydrogen (secondary N) is 1. The topological polar surface area (TPSA) is 119 Å². The van der Waals surface area contributed by atoms with Crippen LogP contribution in [0.2, 0.25) is 0 Å². The van der Waals surface area contributed by atoms with Crippen LogP contribution in [0.5, 0.6) is 5.75 Å². The van der Waals surface area contributed by atoms with Crippen LogP contribution >= 0.6 is 0 Å². The molecule has 2 aromatic rings. The molecule has 0 aliphatic carbocycles. The van der Waals surface area contributed by atoms with Gasteiger partial charge in [0.2, 0.25) is 21.8 Å². The summed E-state index contributed by atoms with van der Waals surface area (Å²) in [6, 6.07) is 13.2. The zero-order chi connectivity index (χ0) is 22.4. The van der Waals surface area contributed by atoms with Crippen LogP contribution in [0.4, 0.5) is 5.69 Å². The van der Waals surface area contributed by atoms with Crippen LogP contribution in [-0.4, -0.2) is 44.2 Å². The average molecular weight is 446 g/mol. The normalized spacial score (nSPS) is 17.1. The molecule has 1 atom stereocenters. The number of nitrogens with zero attached hydrogens (tertiary/aromatic N) is 1. The fraction of sp³-hybridized carbons (Fsp3) is 0.364. The van der Waals surface area contributed by atoms with Crippen molar-refractivity contribution in [2.45, 2.75) is 31.1 Å². The third kappa shape index (κ3) is 5.83. The number of sulfonamides is 1. The predicted octanol–water partition coefficient (Wildman–Crippen LogP) is 2.15. The van der Waals surface area contributed by atoms with E-state index in [-0.39, 0.29) is 23.8 Å². The minimum Gasteiger partial charge on any atom is -0.494 e. The zero-order valence-corrected chi connectivity index (χ0v) is 18.2. The van der Waals surface area contributed by atoms with Crippen molar-refractivity contribution in [3.05, 3.63) is 54.1 Å². The molecule has 1 fully saturated rings. The second-order valence-corrected chi connectivity index (χ2v) is 9.37. The maximum absolute atomic E-state index is 13.0. The molecule has 1 saturated heterocycles. The van der Waals surface area contributed by atoms with Crippen molar-refractivity contribution in [3.63, 3.8) is 0 Å². The largest absolute Gasteiger partial charge is 0.494 e. The fourth-order valence-electron chi connectivity index (χ4n) is 3.55. The number of carbonyl (C=O) groups excluding carboxylic acids is 2. The van der Waals surface area contributed by atoms with Crippen molar-refractivity contribution in [1.82, 2.24) is 4.31 Å². The molecule has 8 nitrogen and oxygen atoms in total. The molecule has 2 aromatic carbocycles. The lowest BCUT2D eigenvalue weighted by Crippen LogP contribution is -2.43. The summed E-state index contributed by atoms with van der Waals surface area (Å²) in [4.78, 5) is 23.9. The Kier molecular flexibility index (Phi) is 7.29. The van der Waals surface area contributed by atoms with Gasteiger partial charge in [0.1, 0.15) is 5.75 Å². The predicted molar refractivity (Wildman–Crippen MR) is 117 cm³/mol. The van der Waals surface area contributed by atoms with Gasteiger partial charge in [0.05, 0.1) is 23.8 Å². The molecule has 1 aliphatic heterocycles. The fourth-order valence-corrected chi connectivity index (χ4v) is 5.07. The first kappa shape index (κ1) is 22.8. The summed E-state index contributed by atoms with van der Waals surface area (Å²) in [5, 5.41) is 2.83. The quantitative estimate of drug-likeness (QED) is 0.645. The Morgan fingerprint density at radius 3 is 2.42 bits per heavy atom. The number of benzene rings is 2. The SMILES string of the molecule is CCOc1ccc(S(=O)(=O)N2CCCC(C(=O)Nc3ccc(CC(N)=O)cc3)C2)cc1. The van der Waals surface area contributed by atoms with E-state index in [2.05, 4.69) is 5.32 Å². The molecule has 1 aliphatic rings. The molecule has 0 saturated carbocycles. The molecule has 2 amide bonds. The number of ether oxygens (including phenoxy) is 1. The molecule has 0 aromatic heterocycles. The van der Waals surface area contributed by atoms with E-state index in [0.29, 0.717) is 37.4 Å². The maximum Gasteiger partial charge on any atom is 0.243 e. The molecule has 9 heteroatoms. The highest BCUT2D eigenvalue weighted by Crippen LogP contribution is 2.26. The van der Waals surface area contributed by atoms with Crippen LogP contribution < -0.4 is 15.8 Å². The van der Waals surface area contributed by atoms with Crippen molar-refractivity contribution in [3.8, 4) is 5.75 Å². The highest BCUT2D eigenvalue weighted by Gasteiger charge is 2.33. The Balaban J connectivity index is 1.65. The van der Waals surface area contributed by atoms with Gasteiger partial charge in [-0.1, -0.05) is 12.1 Å². The van der Waals surface area contributed by atoms with Gasteiger partial charge in [-0.25, -0.2) is 8.42 Å². The summed E-state index contributed by atoms with van der Waals surface area (Å²) >= 11 is 0. The van der Waals surface area contributed by atoms with E-state index in [0.717, 1.165) is 5.56 Å². The second-order valence-electron chi connectivity index (χ2n) is 7.44. The number of amides is 2. The van der Waals surface area contributed by atoms with Crippen molar-refractivity contribution in [2.24, 2.45) is 11.7 Å². The standard InChI is InChI=1S/C22H27N3O5S/c1-2-30-19-9-11-20(12-10-19)31(28,29)25-13-3-4-17(15-25)22(27)24-18-7-5-16(6-8-18)14-21(23)26/h5-12,17H,2-4,13-15H2,1H3,(H2,23,26)(H,24,27). The van der Waals surface area contributed by atoms with E-state index in [1.165, 1.54) is 16.4 Å². The van der Waals surface area contributed by atoms with Gasteiger partial charge in [-0.05, 0) is 61.7 Å². The molecule has 1 unspecified atom stereocenters. The number of hydrogen-bond acceptors (Lipinski definition) is 5. The second kappa shape index (κ2) is 9.93. The van der Waals surface area contributed by atoms with Gasteiger partial charge in [-0.2, -0.15) is 4.31 Å². The first-order valence-corrected chi connectivity index (χ1v) is 11.6. The first-order chi connectivity index (χ1) is 14.8. The van der Waals surface area contributed by atoms with Gasteiger partial charge >= 0.3 is 0 Å².